The molecule has 1 aromatic heterocycles. The number of amides is 3. The zero-order valence-electron chi connectivity index (χ0n) is 25.5. The highest BCUT2D eigenvalue weighted by molar-refractivity contribution is 6.48. The molecular weight excluding hydrogens is 531 g/mol. The van der Waals surface area contributed by atoms with Gasteiger partial charge in [-0.15, -0.1) is 0 Å². The molecule has 0 unspecified atom stereocenters. The molecule has 3 amide bonds. The molecule has 3 N–H and O–H groups in total. The first-order valence-corrected chi connectivity index (χ1v) is 15.1. The first-order chi connectivity index (χ1) is 19.9. The highest BCUT2D eigenvalue weighted by atomic mass is 16.7. The number of aryl methyl sites for hydroxylation is 1. The maximum atomic E-state index is 13.8. The highest BCUT2D eigenvalue weighted by Crippen LogP contribution is 2.65. The zero-order valence-corrected chi connectivity index (χ0v) is 25.5. The molecule has 3 saturated carbocycles. The van der Waals surface area contributed by atoms with Crippen molar-refractivity contribution in [3.8, 4) is 0 Å². The Morgan fingerprint density at radius 3 is 2.40 bits per heavy atom. The van der Waals surface area contributed by atoms with Crippen LogP contribution < -0.4 is 16.0 Å². The van der Waals surface area contributed by atoms with E-state index in [1.807, 2.05) is 19.1 Å². The van der Waals surface area contributed by atoms with E-state index in [4.69, 9.17) is 9.31 Å². The van der Waals surface area contributed by atoms with Gasteiger partial charge in [-0.1, -0.05) is 45.4 Å². The summed E-state index contributed by atoms with van der Waals surface area (Å²) in [4.78, 5) is 43.8. The molecule has 2 bridgehead atoms. The molecule has 10 heteroatoms. The van der Waals surface area contributed by atoms with Gasteiger partial charge in [-0.2, -0.15) is 0 Å². The lowest BCUT2D eigenvalue weighted by atomic mass is 9.43. The molecule has 0 spiro atoms. The van der Waals surface area contributed by atoms with Crippen molar-refractivity contribution < 1.29 is 23.7 Å². The van der Waals surface area contributed by atoms with Crippen LogP contribution in [-0.4, -0.2) is 60.1 Å². The number of benzene rings is 1. The predicted octanol–water partition coefficient (Wildman–Crippen LogP) is 3.72. The van der Waals surface area contributed by atoms with E-state index in [0.717, 1.165) is 18.4 Å². The van der Waals surface area contributed by atoms with Crippen LogP contribution >= 0.6 is 0 Å². The molecule has 2 heterocycles. The summed E-state index contributed by atoms with van der Waals surface area (Å²) in [6.07, 6.45) is 5.72. The number of nitrogens with zero attached hydrogens (tertiary/aromatic N) is 1. The second-order valence-electron chi connectivity index (χ2n) is 13.4. The van der Waals surface area contributed by atoms with Gasteiger partial charge in [0.15, 0.2) is 0 Å². The van der Waals surface area contributed by atoms with Crippen LogP contribution in [0.5, 0.6) is 0 Å². The quantitative estimate of drug-likeness (QED) is 0.373. The average Bonchev–Trinajstić information content (AvgIpc) is 3.32. The van der Waals surface area contributed by atoms with E-state index < -0.39 is 36.5 Å². The molecule has 2 aromatic rings. The molecule has 6 rings (SSSR count). The van der Waals surface area contributed by atoms with Gasteiger partial charge in [0.2, 0.25) is 5.91 Å². The number of aromatic nitrogens is 1. The number of carbonyl (C=O) groups is 3. The van der Waals surface area contributed by atoms with Crippen LogP contribution in [0.25, 0.3) is 0 Å². The molecule has 3 aliphatic carbocycles. The van der Waals surface area contributed by atoms with Crippen molar-refractivity contribution in [1.29, 1.82) is 0 Å². The third-order valence-corrected chi connectivity index (χ3v) is 9.68. The Kier molecular flexibility index (Phi) is 8.49. The Morgan fingerprint density at radius 2 is 1.76 bits per heavy atom. The molecule has 1 aliphatic heterocycles. The first-order valence-electron chi connectivity index (χ1n) is 15.1. The van der Waals surface area contributed by atoms with Crippen molar-refractivity contribution in [2.45, 2.75) is 84.5 Å². The maximum absolute atomic E-state index is 13.8. The Balaban J connectivity index is 1.31. The van der Waals surface area contributed by atoms with E-state index in [0.29, 0.717) is 29.4 Å². The van der Waals surface area contributed by atoms with Gasteiger partial charge < -0.3 is 25.3 Å². The topological polar surface area (TPSA) is 119 Å². The van der Waals surface area contributed by atoms with E-state index in [-0.39, 0.29) is 29.9 Å². The average molecular weight is 575 g/mol. The van der Waals surface area contributed by atoms with Gasteiger partial charge in [-0.05, 0) is 80.5 Å². The minimum Gasteiger partial charge on any atom is -0.404 e. The van der Waals surface area contributed by atoms with Gasteiger partial charge in [0, 0.05) is 24.5 Å². The van der Waals surface area contributed by atoms with E-state index in [1.165, 1.54) is 6.20 Å². The summed E-state index contributed by atoms with van der Waals surface area (Å²) < 4.78 is 13.2. The summed E-state index contributed by atoms with van der Waals surface area (Å²) in [6, 6.07) is 9.41. The third-order valence-electron chi connectivity index (χ3n) is 9.68. The Labute approximate surface area is 249 Å². The van der Waals surface area contributed by atoms with Gasteiger partial charge in [0.1, 0.15) is 6.04 Å². The first kappa shape index (κ1) is 30.2. The minimum absolute atomic E-state index is 0.0132. The fourth-order valence-corrected chi connectivity index (χ4v) is 7.05. The zero-order chi connectivity index (χ0) is 30.2. The lowest BCUT2D eigenvalue weighted by Gasteiger charge is -2.64. The largest absolute Gasteiger partial charge is 0.481 e. The number of nitrogens with one attached hydrogen (secondary N) is 3. The second-order valence-corrected chi connectivity index (χ2v) is 13.4. The summed E-state index contributed by atoms with van der Waals surface area (Å²) in [5.74, 6) is -0.356. The summed E-state index contributed by atoms with van der Waals surface area (Å²) in [5, 5.41) is 8.73. The minimum atomic E-state index is -1.03. The van der Waals surface area contributed by atoms with Crippen molar-refractivity contribution in [2.24, 2.45) is 23.2 Å². The van der Waals surface area contributed by atoms with Crippen molar-refractivity contribution in [3.05, 3.63) is 65.5 Å². The normalized spacial score (nSPS) is 26.9. The maximum Gasteiger partial charge on any atom is 0.481 e. The number of hydrogen-bond donors (Lipinski definition) is 3. The van der Waals surface area contributed by atoms with E-state index in [9.17, 15) is 14.4 Å². The lowest BCUT2D eigenvalue weighted by molar-refractivity contribution is -0.199. The van der Waals surface area contributed by atoms with Crippen molar-refractivity contribution in [3.63, 3.8) is 0 Å². The molecule has 4 fully saturated rings. The van der Waals surface area contributed by atoms with E-state index >= 15 is 0 Å². The van der Waals surface area contributed by atoms with Crippen molar-refractivity contribution >= 4 is 24.8 Å². The van der Waals surface area contributed by atoms with Crippen molar-refractivity contribution in [1.82, 2.24) is 20.9 Å². The smallest absolute Gasteiger partial charge is 0.404 e. The van der Waals surface area contributed by atoms with Crippen LogP contribution in [-0.2, 0) is 14.1 Å². The van der Waals surface area contributed by atoms with Gasteiger partial charge in [-0.3, -0.25) is 19.4 Å². The number of rotatable bonds is 10. The molecule has 6 atom stereocenters. The van der Waals surface area contributed by atoms with Crippen LogP contribution in [0.2, 0.25) is 0 Å². The monoisotopic (exact) mass is 574 g/mol. The van der Waals surface area contributed by atoms with Crippen LogP contribution in [0.15, 0.2) is 48.8 Å². The van der Waals surface area contributed by atoms with Crippen LogP contribution in [0.3, 0.4) is 0 Å². The van der Waals surface area contributed by atoms with Gasteiger partial charge in [0.05, 0.1) is 23.2 Å². The SMILES string of the molecule is Cc1ccc(C(=O)NC[C@H](NC(=O)c2cccnc2)C(=O)N[C@@H](CC(C)C)B2O[C@@H]3C[C@H]4C[C@H](C4(C)C)[C@]3(C)O2)cc1. The third kappa shape index (κ3) is 5.97. The van der Waals surface area contributed by atoms with E-state index in [2.05, 4.69) is 55.6 Å². The fraction of sp³-hybridized carbons (Fsp3) is 0.562. The Morgan fingerprint density at radius 1 is 1.02 bits per heavy atom. The van der Waals surface area contributed by atoms with E-state index in [1.54, 1.807) is 30.5 Å². The molecule has 0 radical (unpaired) electrons. The molecule has 1 saturated heterocycles. The Hall–Kier alpha value is -3.24. The van der Waals surface area contributed by atoms with Crippen LogP contribution in [0.4, 0.5) is 0 Å². The van der Waals surface area contributed by atoms with Crippen molar-refractivity contribution in [2.75, 3.05) is 6.54 Å². The lowest BCUT2D eigenvalue weighted by Crippen LogP contribution is -2.65. The fourth-order valence-electron chi connectivity index (χ4n) is 7.05. The van der Waals surface area contributed by atoms with Gasteiger partial charge in [0.25, 0.3) is 11.8 Å². The molecule has 42 heavy (non-hydrogen) atoms. The number of hydrogen-bond acceptors (Lipinski definition) is 6. The summed E-state index contributed by atoms with van der Waals surface area (Å²) in [6.45, 7) is 12.8. The molecule has 4 aliphatic rings. The van der Waals surface area contributed by atoms with Crippen LogP contribution in [0.1, 0.15) is 80.2 Å². The summed E-state index contributed by atoms with van der Waals surface area (Å²) in [7, 11) is -0.599. The second kappa shape index (κ2) is 11.8. The number of carbonyl (C=O) groups excluding carboxylic acids is 3. The Bertz CT molecular complexity index is 1300. The molecule has 224 valence electrons. The predicted molar refractivity (Wildman–Crippen MR) is 161 cm³/mol. The van der Waals surface area contributed by atoms with Gasteiger partial charge in [-0.25, -0.2) is 0 Å². The summed E-state index contributed by atoms with van der Waals surface area (Å²) in [5.41, 5.74) is 1.63. The standard InChI is InChI=1S/C32H43BN4O5/c1-19(2)14-27(33-41-26-16-23-15-25(31(23,4)5)32(26,6)42-33)37-30(40)24(36-29(39)22-8-7-13-34-17-22)18-35-28(38)21-11-9-20(3)10-12-21/h7-13,17,19,23-27H,14-16,18H2,1-6H3,(H,35,38)(H,36,39)(H,37,40)/t23-,24+,25-,26-,27+,32+/m1/s1. The molecular formula is C32H43BN4O5. The van der Waals surface area contributed by atoms with Gasteiger partial charge >= 0.3 is 7.12 Å². The highest BCUT2D eigenvalue weighted by Gasteiger charge is 2.68. The molecule has 1 aromatic carbocycles. The molecule has 9 nitrogen and oxygen atoms in total. The summed E-state index contributed by atoms with van der Waals surface area (Å²) >= 11 is 0. The van der Waals surface area contributed by atoms with Crippen LogP contribution in [0, 0.1) is 30.1 Å². The number of pyridine rings is 1.